The molecule has 96 valence electrons. The minimum absolute atomic E-state index is 0.230. The first kappa shape index (κ1) is 14.1. The third kappa shape index (κ3) is 4.44. The van der Waals surface area contributed by atoms with Gasteiger partial charge in [-0.15, -0.1) is 0 Å². The third-order valence-corrected chi connectivity index (χ3v) is 3.17. The van der Waals surface area contributed by atoms with Crippen molar-refractivity contribution in [3.05, 3.63) is 30.1 Å². The maximum absolute atomic E-state index is 10.1. The Morgan fingerprint density at radius 2 is 2.18 bits per heavy atom. The van der Waals surface area contributed by atoms with Crippen LogP contribution >= 0.6 is 0 Å². The molecule has 2 atom stereocenters. The van der Waals surface area contributed by atoms with Crippen LogP contribution in [0.5, 0.6) is 0 Å². The highest BCUT2D eigenvalue weighted by Gasteiger charge is 2.20. The van der Waals surface area contributed by atoms with E-state index in [4.69, 9.17) is 0 Å². The van der Waals surface area contributed by atoms with Crippen molar-refractivity contribution >= 4 is 0 Å². The van der Waals surface area contributed by atoms with E-state index in [0.29, 0.717) is 0 Å². The van der Waals surface area contributed by atoms with Crippen LogP contribution in [0.3, 0.4) is 0 Å². The lowest BCUT2D eigenvalue weighted by Gasteiger charge is -2.31. The lowest BCUT2D eigenvalue weighted by Crippen LogP contribution is -2.40. The fourth-order valence-corrected chi connectivity index (χ4v) is 2.26. The summed E-state index contributed by atoms with van der Waals surface area (Å²) in [5, 5.41) is 10.1. The van der Waals surface area contributed by atoms with E-state index in [1.54, 1.807) is 6.20 Å². The van der Waals surface area contributed by atoms with Gasteiger partial charge in [-0.2, -0.15) is 0 Å². The van der Waals surface area contributed by atoms with Gasteiger partial charge in [-0.1, -0.05) is 26.3 Å². The number of likely N-dealkylation sites (N-methyl/N-ethyl adjacent to an activating group) is 1. The van der Waals surface area contributed by atoms with Crippen LogP contribution < -0.4 is 0 Å². The monoisotopic (exact) mass is 236 g/mol. The van der Waals surface area contributed by atoms with E-state index in [2.05, 4.69) is 36.8 Å². The van der Waals surface area contributed by atoms with Crippen molar-refractivity contribution in [3.8, 4) is 0 Å². The molecule has 0 saturated heterocycles. The lowest BCUT2D eigenvalue weighted by molar-refractivity contribution is 0.0505. The highest BCUT2D eigenvalue weighted by atomic mass is 16.3. The van der Waals surface area contributed by atoms with Gasteiger partial charge in [-0.25, -0.2) is 0 Å². The molecule has 3 heteroatoms. The van der Waals surface area contributed by atoms with Gasteiger partial charge in [0.05, 0.1) is 6.10 Å². The predicted molar refractivity (Wildman–Crippen MR) is 70.7 cm³/mol. The smallest absolute Gasteiger partial charge is 0.0695 e. The zero-order valence-electron chi connectivity index (χ0n) is 11.1. The molecule has 0 aromatic carbocycles. The first-order chi connectivity index (χ1) is 8.19. The van der Waals surface area contributed by atoms with Gasteiger partial charge in [0.2, 0.25) is 0 Å². The van der Waals surface area contributed by atoms with Crippen LogP contribution in [0, 0.1) is 0 Å². The highest BCUT2D eigenvalue weighted by Crippen LogP contribution is 2.14. The number of hydrogen-bond acceptors (Lipinski definition) is 3. The van der Waals surface area contributed by atoms with Crippen molar-refractivity contribution < 1.29 is 5.11 Å². The van der Waals surface area contributed by atoms with E-state index < -0.39 is 0 Å². The number of nitrogens with zero attached hydrogens (tertiary/aromatic N) is 2. The first-order valence-corrected chi connectivity index (χ1v) is 6.46. The summed E-state index contributed by atoms with van der Waals surface area (Å²) in [6.07, 6.45) is 6.31. The van der Waals surface area contributed by atoms with Crippen LogP contribution in [0.15, 0.2) is 24.5 Å². The molecular weight excluding hydrogens is 212 g/mol. The van der Waals surface area contributed by atoms with E-state index in [0.717, 1.165) is 25.8 Å². The van der Waals surface area contributed by atoms with Gasteiger partial charge in [0.1, 0.15) is 0 Å². The maximum atomic E-state index is 10.1. The average molecular weight is 236 g/mol. The minimum Gasteiger partial charge on any atom is -0.391 e. The molecule has 0 aliphatic rings. The summed E-state index contributed by atoms with van der Waals surface area (Å²) in [7, 11) is 2.07. The van der Waals surface area contributed by atoms with Gasteiger partial charge in [-0.3, -0.25) is 9.88 Å². The number of pyridine rings is 1. The van der Waals surface area contributed by atoms with Gasteiger partial charge in [0.15, 0.2) is 0 Å². The van der Waals surface area contributed by atoms with Gasteiger partial charge < -0.3 is 5.11 Å². The molecule has 17 heavy (non-hydrogen) atoms. The molecule has 2 unspecified atom stereocenters. The van der Waals surface area contributed by atoms with Crippen molar-refractivity contribution in [2.24, 2.45) is 0 Å². The van der Waals surface area contributed by atoms with E-state index in [9.17, 15) is 5.11 Å². The van der Waals surface area contributed by atoms with Gasteiger partial charge in [0, 0.05) is 25.0 Å². The molecule has 1 aromatic heterocycles. The van der Waals surface area contributed by atoms with Crippen molar-refractivity contribution in [3.63, 3.8) is 0 Å². The lowest BCUT2D eigenvalue weighted by atomic mass is 10.0. The second kappa shape index (κ2) is 7.41. The van der Waals surface area contributed by atoms with Crippen LogP contribution in [0.25, 0.3) is 0 Å². The zero-order chi connectivity index (χ0) is 12.7. The van der Waals surface area contributed by atoms with Crippen molar-refractivity contribution in [1.29, 1.82) is 0 Å². The standard InChI is InChI=1S/C14H24N2O/c1-4-7-14(17)13(5-2)16(3)11-12-8-6-9-15-10-12/h6,8-10,13-14,17H,4-5,7,11H2,1-3H3. The Bertz CT molecular complexity index is 302. The van der Waals surface area contributed by atoms with Gasteiger partial charge in [0.25, 0.3) is 0 Å². The molecular formula is C14H24N2O. The summed E-state index contributed by atoms with van der Waals surface area (Å²) in [6.45, 7) is 5.08. The molecule has 0 bridgehead atoms. The Kier molecular flexibility index (Phi) is 6.16. The zero-order valence-corrected chi connectivity index (χ0v) is 11.1. The second-order valence-electron chi connectivity index (χ2n) is 4.61. The quantitative estimate of drug-likeness (QED) is 0.790. The SMILES string of the molecule is CCCC(O)C(CC)N(C)Cc1cccnc1. The Morgan fingerprint density at radius 3 is 2.71 bits per heavy atom. The molecule has 0 aliphatic heterocycles. The van der Waals surface area contributed by atoms with Crippen molar-refractivity contribution in [2.45, 2.75) is 51.8 Å². The molecule has 1 N–H and O–H groups in total. The van der Waals surface area contributed by atoms with Crippen LogP contribution in [-0.4, -0.2) is 34.2 Å². The summed E-state index contributed by atoms with van der Waals surface area (Å²) in [4.78, 5) is 6.33. The minimum atomic E-state index is -0.230. The van der Waals surface area contributed by atoms with Crippen molar-refractivity contribution in [2.75, 3.05) is 7.05 Å². The molecule has 1 aromatic rings. The van der Waals surface area contributed by atoms with Crippen LogP contribution in [0.1, 0.15) is 38.7 Å². The summed E-state index contributed by atoms with van der Waals surface area (Å²) in [5.74, 6) is 0. The van der Waals surface area contributed by atoms with Crippen LogP contribution in [-0.2, 0) is 6.54 Å². The summed E-state index contributed by atoms with van der Waals surface area (Å²) in [5.41, 5.74) is 1.19. The first-order valence-electron chi connectivity index (χ1n) is 6.46. The van der Waals surface area contributed by atoms with E-state index in [1.165, 1.54) is 5.56 Å². The Balaban J connectivity index is 2.57. The van der Waals surface area contributed by atoms with E-state index in [-0.39, 0.29) is 12.1 Å². The number of aromatic nitrogens is 1. The molecule has 1 rings (SSSR count). The number of hydrogen-bond donors (Lipinski definition) is 1. The second-order valence-corrected chi connectivity index (χ2v) is 4.61. The number of aliphatic hydroxyl groups excluding tert-OH is 1. The molecule has 0 fully saturated rings. The molecule has 0 radical (unpaired) electrons. The molecule has 3 nitrogen and oxygen atoms in total. The Morgan fingerprint density at radius 1 is 1.41 bits per heavy atom. The van der Waals surface area contributed by atoms with Crippen molar-refractivity contribution in [1.82, 2.24) is 9.88 Å². The van der Waals surface area contributed by atoms with Gasteiger partial charge in [-0.05, 0) is 31.5 Å². The topological polar surface area (TPSA) is 36.4 Å². The normalized spacial score (nSPS) is 14.9. The fourth-order valence-electron chi connectivity index (χ4n) is 2.26. The molecule has 0 spiro atoms. The van der Waals surface area contributed by atoms with E-state index in [1.807, 2.05) is 12.3 Å². The van der Waals surface area contributed by atoms with Gasteiger partial charge >= 0.3 is 0 Å². The van der Waals surface area contributed by atoms with Crippen LogP contribution in [0.2, 0.25) is 0 Å². The molecule has 0 amide bonds. The highest BCUT2D eigenvalue weighted by molar-refractivity contribution is 5.08. The number of aliphatic hydroxyl groups is 1. The average Bonchev–Trinajstić information content (AvgIpc) is 2.31. The molecule has 1 heterocycles. The Hall–Kier alpha value is -0.930. The third-order valence-electron chi connectivity index (χ3n) is 3.17. The predicted octanol–water partition coefficient (Wildman–Crippen LogP) is 2.45. The fraction of sp³-hybridized carbons (Fsp3) is 0.643. The number of rotatable bonds is 7. The largest absolute Gasteiger partial charge is 0.391 e. The van der Waals surface area contributed by atoms with Crippen LogP contribution in [0.4, 0.5) is 0 Å². The molecule has 0 saturated carbocycles. The molecule has 0 aliphatic carbocycles. The summed E-state index contributed by atoms with van der Waals surface area (Å²) in [6, 6.07) is 4.25. The summed E-state index contributed by atoms with van der Waals surface area (Å²) >= 11 is 0. The Labute approximate surface area is 104 Å². The maximum Gasteiger partial charge on any atom is 0.0695 e. The van der Waals surface area contributed by atoms with E-state index >= 15 is 0 Å². The summed E-state index contributed by atoms with van der Waals surface area (Å²) < 4.78 is 0.